The quantitative estimate of drug-likeness (QED) is 0.539. The number of aromatic nitrogens is 3. The van der Waals surface area contributed by atoms with Gasteiger partial charge in [0.2, 0.25) is 0 Å². The number of esters is 1. The molecule has 1 atom stereocenters. The minimum atomic E-state index is -0.619. The highest BCUT2D eigenvalue weighted by Gasteiger charge is 2.33. The van der Waals surface area contributed by atoms with Gasteiger partial charge in [0.25, 0.3) is 5.56 Å². The molecule has 3 aromatic rings. The number of methoxy groups -OCH3 is 1. The van der Waals surface area contributed by atoms with Crippen LogP contribution >= 0.6 is 11.3 Å². The van der Waals surface area contributed by atoms with E-state index in [0.717, 1.165) is 29.1 Å². The van der Waals surface area contributed by atoms with E-state index >= 15 is 0 Å². The number of carbonyl (C=O) groups excluding carboxylic acids is 1. The number of allylic oxidation sites excluding steroid dienone is 1. The number of aryl methyl sites for hydroxylation is 1. The number of thiazole rings is 1. The molecule has 1 aromatic carbocycles. The summed E-state index contributed by atoms with van der Waals surface area (Å²) in [6, 6.07) is 7.20. The summed E-state index contributed by atoms with van der Waals surface area (Å²) in [6.07, 6.45) is 3.61. The molecule has 8 nitrogen and oxygen atoms in total. The van der Waals surface area contributed by atoms with Gasteiger partial charge in [-0.05, 0) is 44.5 Å². The summed E-state index contributed by atoms with van der Waals surface area (Å²) in [7, 11) is 5.27. The van der Waals surface area contributed by atoms with E-state index in [1.165, 1.54) is 18.4 Å². The number of hydrogen-bond acceptors (Lipinski definition) is 7. The van der Waals surface area contributed by atoms with Gasteiger partial charge in [0, 0.05) is 37.6 Å². The topological polar surface area (TPSA) is 81.7 Å². The molecule has 1 unspecified atom stereocenters. The Balaban J connectivity index is 1.94. The second kappa shape index (κ2) is 8.82. The average Bonchev–Trinajstić information content (AvgIpc) is 3.31. The maximum Gasteiger partial charge on any atom is 0.338 e. The molecule has 172 valence electrons. The molecule has 2 aromatic heterocycles. The Bertz CT molecular complexity index is 1420. The summed E-state index contributed by atoms with van der Waals surface area (Å²) < 4.78 is 9.09. The second-order valence-electron chi connectivity index (χ2n) is 8.06. The second-order valence-corrected chi connectivity index (χ2v) is 9.07. The summed E-state index contributed by atoms with van der Waals surface area (Å²) in [5, 5.41) is 4.37. The summed E-state index contributed by atoms with van der Waals surface area (Å²) in [4.78, 5) is 33.5. The molecule has 0 fully saturated rings. The third-order valence-corrected chi connectivity index (χ3v) is 6.86. The fraction of sp³-hybridized carbons (Fsp3) is 0.333. The number of fused-ring (bicyclic) bond motifs is 1. The first-order valence-electron chi connectivity index (χ1n) is 10.7. The minimum absolute atomic E-state index is 0.196. The molecular weight excluding hydrogens is 438 g/mol. The number of benzene rings is 1. The molecule has 0 N–H and O–H groups in total. The molecule has 0 amide bonds. The van der Waals surface area contributed by atoms with E-state index in [1.54, 1.807) is 17.7 Å². The van der Waals surface area contributed by atoms with Crippen LogP contribution in [0.3, 0.4) is 0 Å². The van der Waals surface area contributed by atoms with Crippen molar-refractivity contribution in [1.82, 2.24) is 14.3 Å². The van der Waals surface area contributed by atoms with E-state index in [0.29, 0.717) is 20.6 Å². The average molecular weight is 466 g/mol. The van der Waals surface area contributed by atoms with E-state index in [9.17, 15) is 9.59 Å². The van der Waals surface area contributed by atoms with Crippen LogP contribution in [0.5, 0.6) is 0 Å². The Morgan fingerprint density at radius 3 is 2.52 bits per heavy atom. The van der Waals surface area contributed by atoms with Crippen LogP contribution < -0.4 is 19.8 Å². The minimum Gasteiger partial charge on any atom is -0.466 e. The van der Waals surface area contributed by atoms with Crippen molar-refractivity contribution >= 4 is 29.1 Å². The maximum atomic E-state index is 13.6. The lowest BCUT2D eigenvalue weighted by molar-refractivity contribution is -0.136. The molecular formula is C24H27N5O3S. The first kappa shape index (κ1) is 22.7. The summed E-state index contributed by atoms with van der Waals surface area (Å²) >= 11 is 1.31. The van der Waals surface area contributed by atoms with E-state index in [-0.39, 0.29) is 5.56 Å². The molecule has 0 aliphatic carbocycles. The molecule has 1 aliphatic heterocycles. The predicted molar refractivity (Wildman–Crippen MR) is 129 cm³/mol. The standard InChI is InChI=1S/C24H27N5O3S/c1-7-28-15(3)17(13-25-28)12-19-22(30)29-21(16-8-10-18(11-9-16)27(4)5)20(23(31)32-6)14(2)26-24(29)33-19/h8-13,21H,7H2,1-6H3. The number of ether oxygens (including phenoxy) is 1. The van der Waals surface area contributed by atoms with Crippen molar-refractivity contribution in [1.29, 1.82) is 0 Å². The van der Waals surface area contributed by atoms with E-state index in [2.05, 4.69) is 10.1 Å². The van der Waals surface area contributed by atoms with Gasteiger partial charge in [-0.2, -0.15) is 5.10 Å². The zero-order chi connectivity index (χ0) is 23.9. The van der Waals surface area contributed by atoms with Crippen LogP contribution in [0.2, 0.25) is 0 Å². The van der Waals surface area contributed by atoms with E-state index in [4.69, 9.17) is 4.74 Å². The first-order chi connectivity index (χ1) is 15.8. The van der Waals surface area contributed by atoms with Crippen LogP contribution in [0.4, 0.5) is 5.69 Å². The van der Waals surface area contributed by atoms with Gasteiger partial charge in [0.1, 0.15) is 0 Å². The molecule has 9 heteroatoms. The summed E-state index contributed by atoms with van der Waals surface area (Å²) in [5.41, 5.74) is 4.43. The molecule has 1 aliphatic rings. The van der Waals surface area contributed by atoms with Gasteiger partial charge in [-0.25, -0.2) is 9.79 Å². The van der Waals surface area contributed by atoms with Crippen LogP contribution in [0.15, 0.2) is 51.5 Å². The number of rotatable bonds is 5. The lowest BCUT2D eigenvalue weighted by Gasteiger charge is -2.25. The van der Waals surface area contributed by atoms with Crippen LogP contribution in [0, 0.1) is 6.92 Å². The van der Waals surface area contributed by atoms with Gasteiger partial charge in [0.05, 0.1) is 35.2 Å². The molecule has 0 bridgehead atoms. The smallest absolute Gasteiger partial charge is 0.338 e. The van der Waals surface area contributed by atoms with Gasteiger partial charge in [-0.1, -0.05) is 23.5 Å². The van der Waals surface area contributed by atoms with Crippen LogP contribution in [0.25, 0.3) is 6.08 Å². The van der Waals surface area contributed by atoms with Crippen molar-refractivity contribution in [2.45, 2.75) is 33.4 Å². The SMILES string of the molecule is CCn1ncc(C=c2sc3n(c2=O)C(c2ccc(N(C)C)cc2)C(C(=O)OC)=C(C)N=3)c1C. The summed E-state index contributed by atoms with van der Waals surface area (Å²) in [6.45, 7) is 6.54. The molecule has 0 saturated carbocycles. The van der Waals surface area contributed by atoms with Crippen LogP contribution in [-0.2, 0) is 16.1 Å². The zero-order valence-electron chi connectivity index (χ0n) is 19.6. The van der Waals surface area contributed by atoms with Gasteiger partial charge >= 0.3 is 5.97 Å². The fourth-order valence-corrected chi connectivity index (χ4v) is 5.06. The molecule has 4 rings (SSSR count). The normalized spacial score (nSPS) is 15.9. The highest BCUT2D eigenvalue weighted by atomic mass is 32.1. The Morgan fingerprint density at radius 2 is 1.94 bits per heavy atom. The largest absolute Gasteiger partial charge is 0.466 e. The summed E-state index contributed by atoms with van der Waals surface area (Å²) in [5.74, 6) is -0.493. The Hall–Kier alpha value is -3.46. The van der Waals surface area contributed by atoms with Crippen molar-refractivity contribution in [2.24, 2.45) is 4.99 Å². The predicted octanol–water partition coefficient (Wildman–Crippen LogP) is 2.00. The van der Waals surface area contributed by atoms with Crippen molar-refractivity contribution in [3.63, 3.8) is 0 Å². The van der Waals surface area contributed by atoms with Crippen molar-refractivity contribution < 1.29 is 9.53 Å². The molecule has 0 saturated heterocycles. The van der Waals surface area contributed by atoms with E-state index < -0.39 is 12.0 Å². The van der Waals surface area contributed by atoms with Crippen LogP contribution in [0.1, 0.15) is 36.7 Å². The van der Waals surface area contributed by atoms with Crippen LogP contribution in [-0.4, -0.2) is 41.5 Å². The lowest BCUT2D eigenvalue weighted by Crippen LogP contribution is -2.39. The molecule has 33 heavy (non-hydrogen) atoms. The molecule has 0 spiro atoms. The highest BCUT2D eigenvalue weighted by Crippen LogP contribution is 2.31. The number of hydrogen-bond donors (Lipinski definition) is 0. The fourth-order valence-electron chi connectivity index (χ4n) is 4.03. The third-order valence-electron chi connectivity index (χ3n) is 5.88. The monoisotopic (exact) mass is 465 g/mol. The molecule has 0 radical (unpaired) electrons. The number of carbonyl (C=O) groups is 1. The van der Waals surface area contributed by atoms with Crippen molar-refractivity contribution in [2.75, 3.05) is 26.1 Å². The van der Waals surface area contributed by atoms with E-state index in [1.807, 2.05) is 67.9 Å². The number of nitrogens with zero attached hydrogens (tertiary/aromatic N) is 5. The first-order valence-corrected chi connectivity index (χ1v) is 11.5. The Kier molecular flexibility index (Phi) is 6.07. The maximum absolute atomic E-state index is 13.6. The lowest BCUT2D eigenvalue weighted by atomic mass is 9.95. The van der Waals surface area contributed by atoms with Gasteiger partial charge < -0.3 is 9.64 Å². The van der Waals surface area contributed by atoms with Gasteiger partial charge in [-0.3, -0.25) is 14.0 Å². The highest BCUT2D eigenvalue weighted by molar-refractivity contribution is 7.07. The number of anilines is 1. The van der Waals surface area contributed by atoms with Crippen molar-refractivity contribution in [3.8, 4) is 0 Å². The Labute approximate surface area is 195 Å². The third kappa shape index (κ3) is 3.93. The van der Waals surface area contributed by atoms with Gasteiger partial charge in [-0.15, -0.1) is 0 Å². The van der Waals surface area contributed by atoms with Gasteiger partial charge in [0.15, 0.2) is 4.80 Å². The molecule has 3 heterocycles. The Morgan fingerprint density at radius 1 is 1.24 bits per heavy atom. The zero-order valence-corrected chi connectivity index (χ0v) is 20.4. The van der Waals surface area contributed by atoms with Crippen molar-refractivity contribution in [3.05, 3.63) is 78.2 Å².